The van der Waals surface area contributed by atoms with Crippen molar-refractivity contribution in [2.45, 2.75) is 57.7 Å². The van der Waals surface area contributed by atoms with Crippen molar-refractivity contribution in [3.8, 4) is 0 Å². The maximum atomic E-state index is 4.75. The average Bonchev–Trinajstić information content (AvgIpc) is 3.35. The summed E-state index contributed by atoms with van der Waals surface area (Å²) in [5.74, 6) is 0.914. The first kappa shape index (κ1) is 16.8. The minimum Gasteiger partial charge on any atom is -0.357 e. The van der Waals surface area contributed by atoms with Gasteiger partial charge in [0.25, 0.3) is 0 Å². The zero-order valence-electron chi connectivity index (χ0n) is 14.9. The van der Waals surface area contributed by atoms with Crippen LogP contribution in [-0.2, 0) is 6.54 Å². The van der Waals surface area contributed by atoms with Crippen molar-refractivity contribution in [2.24, 2.45) is 4.99 Å². The minimum atomic E-state index is 0.504. The van der Waals surface area contributed by atoms with E-state index in [1.165, 1.54) is 38.6 Å². The Bertz CT molecular complexity index is 686. The predicted octanol–water partition coefficient (Wildman–Crippen LogP) is 2.47. The summed E-state index contributed by atoms with van der Waals surface area (Å²) in [4.78, 5) is 13.1. The number of hydrogen-bond donors (Lipinski definition) is 2. The van der Waals surface area contributed by atoms with Gasteiger partial charge in [0.1, 0.15) is 0 Å². The molecule has 0 bridgehead atoms. The van der Waals surface area contributed by atoms with E-state index in [0.29, 0.717) is 12.6 Å². The largest absolute Gasteiger partial charge is 0.357 e. The number of rotatable bonds is 5. The average molecular weight is 361 g/mol. The second-order valence-electron chi connectivity index (χ2n) is 7.08. The van der Waals surface area contributed by atoms with Crippen LogP contribution in [0.25, 0.3) is 4.96 Å². The third-order valence-electron chi connectivity index (χ3n) is 5.29. The third kappa shape index (κ3) is 3.98. The van der Waals surface area contributed by atoms with E-state index in [2.05, 4.69) is 43.4 Å². The lowest BCUT2D eigenvalue weighted by Gasteiger charge is -2.24. The third-order valence-corrected chi connectivity index (χ3v) is 6.06. The first-order valence-corrected chi connectivity index (χ1v) is 10.4. The zero-order chi connectivity index (χ0) is 17.1. The van der Waals surface area contributed by atoms with E-state index in [1.54, 1.807) is 11.3 Å². The summed E-state index contributed by atoms with van der Waals surface area (Å²) < 4.78 is 2.06. The highest BCUT2D eigenvalue weighted by Gasteiger charge is 2.30. The van der Waals surface area contributed by atoms with Crippen molar-refractivity contribution in [1.29, 1.82) is 0 Å². The number of imidazole rings is 1. The van der Waals surface area contributed by atoms with E-state index in [9.17, 15) is 0 Å². The van der Waals surface area contributed by atoms with Gasteiger partial charge in [-0.15, -0.1) is 11.3 Å². The molecule has 1 unspecified atom stereocenters. The van der Waals surface area contributed by atoms with Crippen LogP contribution >= 0.6 is 11.3 Å². The topological polar surface area (TPSA) is 57.0 Å². The Balaban J connectivity index is 1.34. The number of aromatic nitrogens is 2. The molecule has 25 heavy (non-hydrogen) atoms. The van der Waals surface area contributed by atoms with Crippen molar-refractivity contribution in [3.63, 3.8) is 0 Å². The quantitative estimate of drug-likeness (QED) is 0.635. The van der Waals surface area contributed by atoms with Crippen molar-refractivity contribution >= 4 is 22.3 Å². The molecule has 136 valence electrons. The van der Waals surface area contributed by atoms with E-state index in [4.69, 9.17) is 4.99 Å². The van der Waals surface area contributed by atoms with Crippen molar-refractivity contribution in [3.05, 3.63) is 23.5 Å². The van der Waals surface area contributed by atoms with Crippen LogP contribution in [-0.4, -0.2) is 52.0 Å². The lowest BCUT2D eigenvalue weighted by molar-refractivity contribution is 0.242. The molecule has 1 saturated carbocycles. The van der Waals surface area contributed by atoms with Gasteiger partial charge in [-0.25, -0.2) is 9.98 Å². The Hall–Kier alpha value is -1.60. The summed E-state index contributed by atoms with van der Waals surface area (Å²) in [6, 6.07) is 1.33. The molecule has 6 nitrogen and oxygen atoms in total. The summed E-state index contributed by atoms with van der Waals surface area (Å²) >= 11 is 1.66. The number of fused-ring (bicyclic) bond motifs is 1. The highest BCUT2D eigenvalue weighted by molar-refractivity contribution is 7.15. The van der Waals surface area contributed by atoms with Gasteiger partial charge in [0.2, 0.25) is 0 Å². The fourth-order valence-electron chi connectivity index (χ4n) is 4.03. The fraction of sp³-hybridized carbons (Fsp3) is 0.667. The summed E-state index contributed by atoms with van der Waals surface area (Å²) in [5.41, 5.74) is 1.02. The van der Waals surface area contributed by atoms with Gasteiger partial charge >= 0.3 is 0 Å². The van der Waals surface area contributed by atoms with Gasteiger partial charge in [0.05, 0.1) is 12.2 Å². The monoisotopic (exact) mass is 360 g/mol. The molecule has 0 aromatic carbocycles. The lowest BCUT2D eigenvalue weighted by atomic mass is 10.2. The maximum Gasteiger partial charge on any atom is 0.193 e. The molecule has 1 aliphatic heterocycles. The molecule has 4 rings (SSSR count). The van der Waals surface area contributed by atoms with E-state index in [1.807, 2.05) is 6.20 Å². The Kier molecular flexibility index (Phi) is 5.22. The molecule has 0 amide bonds. The molecule has 3 heterocycles. The molecule has 0 radical (unpaired) electrons. The first-order chi connectivity index (χ1) is 12.3. The van der Waals surface area contributed by atoms with Crippen LogP contribution in [0.4, 0.5) is 0 Å². The van der Waals surface area contributed by atoms with Gasteiger partial charge in [-0.3, -0.25) is 9.30 Å². The standard InChI is InChI=1S/C18H28N6S/c1-2-19-17(20-11-15-13-24-9-10-25-18(24)22-15)21-14-7-8-23(12-14)16-5-3-4-6-16/h9-10,13-14,16H,2-8,11-12H2,1H3,(H2,19,20,21). The van der Waals surface area contributed by atoms with Crippen LogP contribution < -0.4 is 10.6 Å². The molecular weight excluding hydrogens is 332 g/mol. The molecule has 2 aliphatic rings. The predicted molar refractivity (Wildman–Crippen MR) is 103 cm³/mol. The normalized spacial score (nSPS) is 22.9. The molecule has 2 aromatic heterocycles. The van der Waals surface area contributed by atoms with E-state index >= 15 is 0 Å². The van der Waals surface area contributed by atoms with Crippen molar-refractivity contribution < 1.29 is 0 Å². The van der Waals surface area contributed by atoms with E-state index < -0.39 is 0 Å². The Morgan fingerprint density at radius 3 is 3.04 bits per heavy atom. The highest BCUT2D eigenvalue weighted by atomic mass is 32.1. The highest BCUT2D eigenvalue weighted by Crippen LogP contribution is 2.26. The minimum absolute atomic E-state index is 0.504. The summed E-state index contributed by atoms with van der Waals surface area (Å²) in [6.45, 7) is 5.98. The second kappa shape index (κ2) is 7.74. The van der Waals surface area contributed by atoms with Crippen molar-refractivity contribution in [2.75, 3.05) is 19.6 Å². The maximum absolute atomic E-state index is 4.75. The lowest BCUT2D eigenvalue weighted by Crippen LogP contribution is -2.45. The number of hydrogen-bond acceptors (Lipinski definition) is 4. The molecule has 2 fully saturated rings. The first-order valence-electron chi connectivity index (χ1n) is 9.52. The molecule has 7 heteroatoms. The van der Waals surface area contributed by atoms with Crippen LogP contribution in [0, 0.1) is 0 Å². The van der Waals surface area contributed by atoms with E-state index in [0.717, 1.165) is 35.7 Å². The molecule has 1 aliphatic carbocycles. The van der Waals surface area contributed by atoms with Crippen molar-refractivity contribution in [1.82, 2.24) is 24.9 Å². The Labute approximate surface area is 153 Å². The molecule has 1 saturated heterocycles. The summed E-state index contributed by atoms with van der Waals surface area (Å²) in [6.07, 6.45) is 10.9. The summed E-state index contributed by atoms with van der Waals surface area (Å²) in [7, 11) is 0. The number of likely N-dealkylation sites (tertiary alicyclic amines) is 1. The fourth-order valence-corrected chi connectivity index (χ4v) is 4.75. The SMILES string of the molecule is CCNC(=NCc1cn2ccsc2n1)NC1CCN(C2CCCC2)C1. The molecule has 0 spiro atoms. The van der Waals surface area contributed by atoms with Crippen LogP contribution in [0.1, 0.15) is 44.7 Å². The van der Waals surface area contributed by atoms with Crippen LogP contribution in [0.2, 0.25) is 0 Å². The molecule has 2 aromatic rings. The summed E-state index contributed by atoms with van der Waals surface area (Å²) in [5, 5.41) is 9.07. The number of thiazole rings is 1. The molecule has 2 N–H and O–H groups in total. The number of nitrogens with zero attached hydrogens (tertiary/aromatic N) is 4. The number of guanidine groups is 1. The van der Waals surface area contributed by atoms with E-state index in [-0.39, 0.29) is 0 Å². The van der Waals surface area contributed by atoms with Crippen LogP contribution in [0.15, 0.2) is 22.8 Å². The van der Waals surface area contributed by atoms with Crippen LogP contribution in [0.5, 0.6) is 0 Å². The van der Waals surface area contributed by atoms with Gasteiger partial charge in [0, 0.05) is 49.5 Å². The number of nitrogens with one attached hydrogen (secondary N) is 2. The number of aliphatic imine (C=N–C) groups is 1. The van der Waals surface area contributed by atoms with Crippen LogP contribution in [0.3, 0.4) is 0 Å². The zero-order valence-corrected chi connectivity index (χ0v) is 15.8. The van der Waals surface area contributed by atoms with Gasteiger partial charge < -0.3 is 10.6 Å². The Morgan fingerprint density at radius 1 is 1.36 bits per heavy atom. The smallest absolute Gasteiger partial charge is 0.193 e. The molecular formula is C18H28N6S. The van der Waals surface area contributed by atoms with Gasteiger partial charge in [-0.05, 0) is 26.2 Å². The van der Waals surface area contributed by atoms with Gasteiger partial charge in [-0.1, -0.05) is 12.8 Å². The molecule has 1 atom stereocenters. The van der Waals surface area contributed by atoms with Gasteiger partial charge in [-0.2, -0.15) is 0 Å². The van der Waals surface area contributed by atoms with Gasteiger partial charge in [0.15, 0.2) is 10.9 Å². The Morgan fingerprint density at radius 2 is 2.24 bits per heavy atom. The second-order valence-corrected chi connectivity index (χ2v) is 7.96.